The summed E-state index contributed by atoms with van der Waals surface area (Å²) >= 11 is 0. The molecule has 1 aliphatic rings. The molecule has 0 aliphatic carbocycles. The van der Waals surface area contributed by atoms with Gasteiger partial charge in [0, 0.05) is 12.4 Å². The summed E-state index contributed by atoms with van der Waals surface area (Å²) in [6.07, 6.45) is 4.28. The molecule has 0 bridgehead atoms. The number of rotatable bonds is 4. The van der Waals surface area contributed by atoms with Crippen LogP contribution in [-0.2, 0) is 4.79 Å². The molecule has 1 amide bonds. The summed E-state index contributed by atoms with van der Waals surface area (Å²) in [6, 6.07) is 18.3. The van der Waals surface area contributed by atoms with Gasteiger partial charge < -0.3 is 0 Å². The maximum absolute atomic E-state index is 13.0. The maximum atomic E-state index is 13.0. The van der Waals surface area contributed by atoms with Gasteiger partial charge in [0.15, 0.2) is 0 Å². The van der Waals surface area contributed by atoms with E-state index in [1.807, 2.05) is 48.5 Å². The van der Waals surface area contributed by atoms with Gasteiger partial charge in [0.1, 0.15) is 11.6 Å². The average molecular weight is 342 g/mol. The van der Waals surface area contributed by atoms with E-state index in [1.54, 1.807) is 12.1 Å². The average Bonchev–Trinajstić information content (AvgIpc) is 3.06. The fraction of sp³-hybridized carbons (Fsp3) is 0.0500. The maximum Gasteiger partial charge on any atom is 0.264 e. The van der Waals surface area contributed by atoms with Crippen LogP contribution in [0.15, 0.2) is 84.4 Å². The Bertz CT molecular complexity index is 972. The van der Waals surface area contributed by atoms with Crippen LogP contribution in [0.5, 0.6) is 0 Å². The summed E-state index contributed by atoms with van der Waals surface area (Å²) in [6.45, 7) is 0. The molecule has 4 rings (SSSR count). The number of para-hydroxylation sites is 1. The van der Waals surface area contributed by atoms with Crippen molar-refractivity contribution in [1.29, 1.82) is 0 Å². The van der Waals surface area contributed by atoms with Gasteiger partial charge in [-0.05, 0) is 17.7 Å². The number of nitrogens with zero attached hydrogens (tertiary/aromatic N) is 4. The Hall–Kier alpha value is -3.67. The minimum Gasteiger partial charge on any atom is -0.291 e. The Morgan fingerprint density at radius 3 is 2.27 bits per heavy atom. The van der Waals surface area contributed by atoms with Crippen molar-refractivity contribution in [2.75, 3.05) is 5.01 Å². The van der Waals surface area contributed by atoms with Crippen LogP contribution in [0.25, 0.3) is 0 Å². The molecule has 6 heteroatoms. The summed E-state index contributed by atoms with van der Waals surface area (Å²) in [4.78, 5) is 34.0. The quantitative estimate of drug-likeness (QED) is 0.540. The molecule has 1 atom stereocenters. The van der Waals surface area contributed by atoms with E-state index < -0.39 is 17.6 Å². The van der Waals surface area contributed by atoms with E-state index >= 15 is 0 Å². The minimum absolute atomic E-state index is 0.143. The normalized spacial score (nSPS) is 16.5. The highest BCUT2D eigenvalue weighted by molar-refractivity contribution is 6.34. The molecular weight excluding hydrogens is 328 g/mol. The van der Waals surface area contributed by atoms with Crippen LogP contribution in [0.2, 0.25) is 0 Å². The molecule has 6 nitrogen and oxygen atoms in total. The molecule has 0 saturated heterocycles. The molecule has 0 unspecified atom stereocenters. The standard InChI is InChI=1S/C20H14N4O2/c25-19(16-13-21-11-12-22-16)17-18(14-7-3-1-4-8-14)23-24(20(17)26)15-9-5-2-6-10-15/h1-13,17H/t17-/m1/s1. The summed E-state index contributed by atoms with van der Waals surface area (Å²) in [5, 5.41) is 5.75. The minimum atomic E-state index is -1.05. The zero-order valence-corrected chi connectivity index (χ0v) is 13.7. The zero-order valence-electron chi connectivity index (χ0n) is 13.7. The second-order valence-electron chi connectivity index (χ2n) is 5.72. The van der Waals surface area contributed by atoms with E-state index in [1.165, 1.54) is 23.6 Å². The van der Waals surface area contributed by atoms with Gasteiger partial charge in [-0.3, -0.25) is 14.6 Å². The van der Waals surface area contributed by atoms with Gasteiger partial charge in [-0.25, -0.2) is 4.98 Å². The van der Waals surface area contributed by atoms with Crippen molar-refractivity contribution in [2.45, 2.75) is 0 Å². The first-order valence-electron chi connectivity index (χ1n) is 8.09. The van der Waals surface area contributed by atoms with E-state index in [4.69, 9.17) is 0 Å². The molecule has 3 aromatic rings. The van der Waals surface area contributed by atoms with Gasteiger partial charge in [-0.2, -0.15) is 10.1 Å². The summed E-state index contributed by atoms with van der Waals surface area (Å²) in [5.41, 5.74) is 1.89. The zero-order chi connectivity index (χ0) is 17.9. The van der Waals surface area contributed by atoms with Crippen LogP contribution in [-0.4, -0.2) is 27.4 Å². The first-order valence-corrected chi connectivity index (χ1v) is 8.09. The molecule has 126 valence electrons. The van der Waals surface area contributed by atoms with Crippen molar-refractivity contribution < 1.29 is 9.59 Å². The topological polar surface area (TPSA) is 75.5 Å². The molecule has 2 heterocycles. The van der Waals surface area contributed by atoms with Crippen LogP contribution in [0.1, 0.15) is 16.1 Å². The second kappa shape index (κ2) is 6.68. The van der Waals surface area contributed by atoms with Gasteiger partial charge in [0.25, 0.3) is 5.91 Å². The van der Waals surface area contributed by atoms with Gasteiger partial charge >= 0.3 is 0 Å². The molecule has 0 spiro atoms. The number of benzene rings is 2. The predicted octanol–water partition coefficient (Wildman–Crippen LogP) is 2.73. The number of ketones is 1. The lowest BCUT2D eigenvalue weighted by Crippen LogP contribution is -2.34. The molecule has 1 aromatic heterocycles. The van der Waals surface area contributed by atoms with Crippen molar-refractivity contribution in [3.8, 4) is 0 Å². The van der Waals surface area contributed by atoms with Crippen molar-refractivity contribution >= 4 is 23.1 Å². The lowest BCUT2D eigenvalue weighted by molar-refractivity contribution is -0.118. The van der Waals surface area contributed by atoms with E-state index in [-0.39, 0.29) is 5.69 Å². The number of amides is 1. The van der Waals surface area contributed by atoms with E-state index in [9.17, 15) is 9.59 Å². The molecule has 1 aliphatic heterocycles. The van der Waals surface area contributed by atoms with E-state index in [0.717, 1.165) is 5.56 Å². The van der Waals surface area contributed by atoms with Crippen LogP contribution < -0.4 is 5.01 Å². The first kappa shape index (κ1) is 15.8. The molecule has 0 saturated carbocycles. The van der Waals surface area contributed by atoms with Gasteiger partial charge in [-0.1, -0.05) is 48.5 Å². The summed E-state index contributed by atoms with van der Waals surface area (Å²) in [5.74, 6) is -1.86. The third-order valence-corrected chi connectivity index (χ3v) is 4.09. The smallest absolute Gasteiger partial charge is 0.264 e. The van der Waals surface area contributed by atoms with Crippen LogP contribution in [0.3, 0.4) is 0 Å². The SMILES string of the molecule is O=C(c1cnccn1)[C@@H]1C(=O)N(c2ccccc2)N=C1c1ccccc1. The number of carbonyl (C=O) groups excluding carboxylic acids is 2. The lowest BCUT2D eigenvalue weighted by Gasteiger charge is -2.13. The van der Waals surface area contributed by atoms with Crippen LogP contribution >= 0.6 is 0 Å². The number of Topliss-reactive ketones (excluding diaryl/α,β-unsaturated/α-hetero) is 1. The second-order valence-corrected chi connectivity index (χ2v) is 5.72. The Balaban J connectivity index is 1.80. The number of hydrogen-bond donors (Lipinski definition) is 0. The summed E-state index contributed by atoms with van der Waals surface area (Å²) in [7, 11) is 0. The Morgan fingerprint density at radius 2 is 1.62 bits per heavy atom. The Morgan fingerprint density at radius 1 is 0.923 bits per heavy atom. The van der Waals surface area contributed by atoms with Crippen molar-refractivity contribution in [3.05, 3.63) is 90.5 Å². The monoisotopic (exact) mass is 342 g/mol. The largest absolute Gasteiger partial charge is 0.291 e. The molecule has 0 N–H and O–H groups in total. The number of carbonyl (C=O) groups is 2. The van der Waals surface area contributed by atoms with E-state index in [0.29, 0.717) is 11.4 Å². The summed E-state index contributed by atoms with van der Waals surface area (Å²) < 4.78 is 0. The number of hydrazone groups is 1. The van der Waals surface area contributed by atoms with Gasteiger partial charge in [-0.15, -0.1) is 0 Å². The highest BCUT2D eigenvalue weighted by Gasteiger charge is 2.43. The van der Waals surface area contributed by atoms with Crippen molar-refractivity contribution in [2.24, 2.45) is 11.0 Å². The fourth-order valence-electron chi connectivity index (χ4n) is 2.85. The third kappa shape index (κ3) is 2.77. The highest BCUT2D eigenvalue weighted by Crippen LogP contribution is 2.28. The Kier molecular flexibility index (Phi) is 4.07. The number of hydrogen-bond acceptors (Lipinski definition) is 5. The molecule has 0 radical (unpaired) electrons. The fourth-order valence-corrected chi connectivity index (χ4v) is 2.85. The highest BCUT2D eigenvalue weighted by atomic mass is 16.2. The third-order valence-electron chi connectivity index (χ3n) is 4.09. The van der Waals surface area contributed by atoms with Crippen molar-refractivity contribution in [1.82, 2.24) is 9.97 Å². The van der Waals surface area contributed by atoms with Crippen LogP contribution in [0.4, 0.5) is 5.69 Å². The lowest BCUT2D eigenvalue weighted by atomic mass is 9.91. The molecule has 2 aromatic carbocycles. The van der Waals surface area contributed by atoms with Gasteiger partial charge in [0.2, 0.25) is 5.78 Å². The van der Waals surface area contributed by atoms with Crippen molar-refractivity contribution in [3.63, 3.8) is 0 Å². The first-order chi connectivity index (χ1) is 12.8. The molecular formula is C20H14N4O2. The number of aromatic nitrogens is 2. The van der Waals surface area contributed by atoms with Gasteiger partial charge in [0.05, 0.1) is 17.6 Å². The number of anilines is 1. The van der Waals surface area contributed by atoms with Crippen LogP contribution in [0, 0.1) is 5.92 Å². The van der Waals surface area contributed by atoms with E-state index in [2.05, 4.69) is 15.1 Å². The molecule has 26 heavy (non-hydrogen) atoms. The molecule has 0 fully saturated rings. The Labute approximate surface area is 149 Å². The predicted molar refractivity (Wildman–Crippen MR) is 96.8 cm³/mol.